The number of nitrogens with one attached hydrogen (secondary N) is 1. The van der Waals surface area contributed by atoms with Crippen LogP contribution in [0.3, 0.4) is 0 Å². The summed E-state index contributed by atoms with van der Waals surface area (Å²) in [6.07, 6.45) is 4.37. The molecule has 0 bridgehead atoms. The molecule has 0 aliphatic heterocycles. The predicted octanol–water partition coefficient (Wildman–Crippen LogP) is 1.08. The molecule has 0 unspecified atom stereocenters. The van der Waals surface area contributed by atoms with Crippen molar-refractivity contribution >= 4 is 10.0 Å². The van der Waals surface area contributed by atoms with Crippen molar-refractivity contribution in [3.8, 4) is 0 Å². The van der Waals surface area contributed by atoms with Gasteiger partial charge >= 0.3 is 0 Å². The summed E-state index contributed by atoms with van der Waals surface area (Å²) >= 11 is 0. The van der Waals surface area contributed by atoms with E-state index in [1.807, 2.05) is 0 Å². The second-order valence-corrected chi connectivity index (χ2v) is 5.14. The van der Waals surface area contributed by atoms with Crippen LogP contribution in [0.5, 0.6) is 0 Å². The Morgan fingerprint density at radius 1 is 1.44 bits per heavy atom. The van der Waals surface area contributed by atoms with Crippen LogP contribution in [-0.2, 0) is 10.0 Å². The molecule has 5 nitrogen and oxygen atoms in total. The molecule has 0 amide bonds. The normalized spacial score (nSPS) is 11.6. The van der Waals surface area contributed by atoms with E-state index >= 15 is 0 Å². The van der Waals surface area contributed by atoms with Gasteiger partial charge in [0.2, 0.25) is 0 Å². The van der Waals surface area contributed by atoms with Crippen molar-refractivity contribution < 1.29 is 8.42 Å². The zero-order valence-corrected chi connectivity index (χ0v) is 10.00. The van der Waals surface area contributed by atoms with Gasteiger partial charge in [0.25, 0.3) is 10.0 Å². The summed E-state index contributed by atoms with van der Waals surface area (Å²) in [6.45, 7) is 9.24. The van der Waals surface area contributed by atoms with Gasteiger partial charge in [-0.25, -0.2) is 13.4 Å². The van der Waals surface area contributed by atoms with E-state index in [0.29, 0.717) is 5.82 Å². The summed E-state index contributed by atoms with van der Waals surface area (Å²) < 4.78 is 25.4. The second kappa shape index (κ2) is 5.09. The number of sulfonamides is 1. The Bertz CT molecular complexity index is 466. The number of hydrogen-bond acceptors (Lipinski definition) is 3. The van der Waals surface area contributed by atoms with Gasteiger partial charge in [0.05, 0.1) is 6.20 Å². The van der Waals surface area contributed by atoms with Gasteiger partial charge in [-0.2, -0.15) is 4.31 Å². The van der Waals surface area contributed by atoms with E-state index in [9.17, 15) is 8.42 Å². The van der Waals surface area contributed by atoms with Crippen LogP contribution in [0, 0.1) is 6.92 Å². The van der Waals surface area contributed by atoms with Crippen molar-refractivity contribution in [1.29, 1.82) is 0 Å². The van der Waals surface area contributed by atoms with E-state index in [-0.39, 0.29) is 18.1 Å². The number of aromatic amines is 1. The lowest BCUT2D eigenvalue weighted by Crippen LogP contribution is -2.31. The van der Waals surface area contributed by atoms with Gasteiger partial charge in [-0.3, -0.25) is 0 Å². The van der Waals surface area contributed by atoms with Crippen LogP contribution in [0.4, 0.5) is 0 Å². The molecule has 0 aliphatic carbocycles. The van der Waals surface area contributed by atoms with Crippen LogP contribution < -0.4 is 0 Å². The fourth-order valence-corrected chi connectivity index (χ4v) is 2.57. The van der Waals surface area contributed by atoms with Gasteiger partial charge in [-0.15, -0.1) is 13.2 Å². The maximum Gasteiger partial charge on any atom is 0.260 e. The second-order valence-electron chi connectivity index (χ2n) is 3.23. The molecular weight excluding hydrogens is 226 g/mol. The standard InChI is InChI=1S/C10H15N3O2S/c1-4-6-13(7-5-2)16(14,15)10-8-11-9(3)12-10/h4-5,8H,1-2,6-7H2,3H3,(H,11,12). The molecule has 1 rings (SSSR count). The molecule has 0 aromatic carbocycles. The first-order valence-corrected chi connectivity index (χ1v) is 6.20. The lowest BCUT2D eigenvalue weighted by Gasteiger charge is -2.17. The van der Waals surface area contributed by atoms with Gasteiger partial charge in [0.1, 0.15) is 5.82 Å². The molecule has 16 heavy (non-hydrogen) atoms. The Balaban J connectivity index is 3.06. The Hall–Kier alpha value is -1.40. The van der Waals surface area contributed by atoms with Crippen molar-refractivity contribution in [2.75, 3.05) is 13.1 Å². The molecule has 0 saturated carbocycles. The highest BCUT2D eigenvalue weighted by Crippen LogP contribution is 2.12. The van der Waals surface area contributed by atoms with Gasteiger partial charge in [0, 0.05) is 13.1 Å². The topological polar surface area (TPSA) is 66.1 Å². The summed E-state index contributed by atoms with van der Waals surface area (Å²) in [6, 6.07) is 0. The van der Waals surface area contributed by atoms with Crippen LogP contribution >= 0.6 is 0 Å². The number of hydrogen-bond donors (Lipinski definition) is 1. The first kappa shape index (κ1) is 12.7. The van der Waals surface area contributed by atoms with Crippen LogP contribution in [0.1, 0.15) is 5.82 Å². The van der Waals surface area contributed by atoms with Crippen molar-refractivity contribution in [2.45, 2.75) is 11.9 Å². The molecule has 0 radical (unpaired) electrons. The molecule has 1 aromatic heterocycles. The highest BCUT2D eigenvalue weighted by atomic mass is 32.2. The zero-order chi connectivity index (χ0) is 12.2. The highest BCUT2D eigenvalue weighted by molar-refractivity contribution is 7.89. The third-order valence-corrected chi connectivity index (χ3v) is 3.70. The Kier molecular flexibility index (Phi) is 4.03. The molecule has 0 atom stereocenters. The van der Waals surface area contributed by atoms with Crippen molar-refractivity contribution in [2.24, 2.45) is 0 Å². The number of aromatic nitrogens is 2. The average molecular weight is 241 g/mol. The van der Waals surface area contributed by atoms with Crippen LogP contribution in [0.2, 0.25) is 0 Å². The van der Waals surface area contributed by atoms with E-state index in [0.717, 1.165) is 0 Å². The van der Waals surface area contributed by atoms with Crippen molar-refractivity contribution in [3.63, 3.8) is 0 Å². The fraction of sp³-hybridized carbons (Fsp3) is 0.300. The highest BCUT2D eigenvalue weighted by Gasteiger charge is 2.24. The Labute approximate surface area is 95.6 Å². The summed E-state index contributed by atoms with van der Waals surface area (Å²) in [5, 5.41) is 0.0914. The Morgan fingerprint density at radius 2 is 2.00 bits per heavy atom. The minimum atomic E-state index is -3.53. The van der Waals surface area contributed by atoms with Gasteiger partial charge < -0.3 is 4.98 Å². The number of aryl methyl sites for hydroxylation is 1. The van der Waals surface area contributed by atoms with E-state index in [4.69, 9.17) is 0 Å². The van der Waals surface area contributed by atoms with Gasteiger partial charge in [0.15, 0.2) is 5.03 Å². The number of H-pyrrole nitrogens is 1. The van der Waals surface area contributed by atoms with Gasteiger partial charge in [-0.05, 0) is 6.92 Å². The lowest BCUT2D eigenvalue weighted by molar-refractivity contribution is 0.471. The maximum atomic E-state index is 12.1. The molecule has 0 aliphatic rings. The largest absolute Gasteiger partial charge is 0.332 e. The summed E-state index contributed by atoms with van der Waals surface area (Å²) in [4.78, 5) is 6.58. The van der Waals surface area contributed by atoms with Crippen LogP contribution in [0.25, 0.3) is 0 Å². The van der Waals surface area contributed by atoms with E-state index in [1.165, 1.54) is 22.7 Å². The minimum Gasteiger partial charge on any atom is -0.332 e. The molecule has 1 heterocycles. The minimum absolute atomic E-state index is 0.0914. The lowest BCUT2D eigenvalue weighted by atomic mass is 10.5. The zero-order valence-electron chi connectivity index (χ0n) is 9.18. The van der Waals surface area contributed by atoms with E-state index in [1.54, 1.807) is 6.92 Å². The quantitative estimate of drug-likeness (QED) is 0.758. The third-order valence-electron chi connectivity index (χ3n) is 1.96. The first-order chi connectivity index (χ1) is 7.52. The molecule has 0 fully saturated rings. The SMILES string of the molecule is C=CCN(CC=C)S(=O)(=O)c1cnc(C)[nH]1. The van der Waals surface area contributed by atoms with Crippen LogP contribution in [0.15, 0.2) is 36.5 Å². The number of rotatable bonds is 6. The first-order valence-electron chi connectivity index (χ1n) is 4.76. The molecule has 6 heteroatoms. The van der Waals surface area contributed by atoms with E-state index < -0.39 is 10.0 Å². The maximum absolute atomic E-state index is 12.1. The molecule has 0 saturated heterocycles. The van der Waals surface area contributed by atoms with Crippen LogP contribution in [-0.4, -0.2) is 35.8 Å². The smallest absolute Gasteiger partial charge is 0.260 e. The molecule has 88 valence electrons. The Morgan fingerprint density at radius 3 is 2.38 bits per heavy atom. The monoisotopic (exact) mass is 241 g/mol. The number of imidazole rings is 1. The average Bonchev–Trinajstić information content (AvgIpc) is 2.65. The van der Waals surface area contributed by atoms with Gasteiger partial charge in [-0.1, -0.05) is 12.2 Å². The summed E-state index contributed by atoms with van der Waals surface area (Å²) in [7, 11) is -3.53. The van der Waals surface area contributed by atoms with Crippen molar-refractivity contribution in [3.05, 3.63) is 37.3 Å². The molecule has 1 aromatic rings. The van der Waals surface area contributed by atoms with Crippen molar-refractivity contribution in [1.82, 2.24) is 14.3 Å². The van der Waals surface area contributed by atoms with E-state index in [2.05, 4.69) is 23.1 Å². The summed E-state index contributed by atoms with van der Waals surface area (Å²) in [5.41, 5.74) is 0. The predicted molar refractivity (Wildman–Crippen MR) is 62.5 cm³/mol. The number of nitrogens with zero attached hydrogens (tertiary/aromatic N) is 2. The molecule has 0 spiro atoms. The summed E-state index contributed by atoms with van der Waals surface area (Å²) in [5.74, 6) is 0.565. The fourth-order valence-electron chi connectivity index (χ4n) is 1.23. The molecule has 1 N–H and O–H groups in total. The third kappa shape index (κ3) is 2.59. The molecular formula is C10H15N3O2S.